The second-order valence-corrected chi connectivity index (χ2v) is 7.21. The number of ether oxygens (including phenoxy) is 1. The van der Waals surface area contributed by atoms with Gasteiger partial charge in [-0.05, 0) is 31.5 Å². The molecule has 24 heavy (non-hydrogen) atoms. The van der Waals surface area contributed by atoms with E-state index in [1.165, 1.54) is 24.2 Å². The van der Waals surface area contributed by atoms with Crippen LogP contribution in [0.5, 0.6) is 0 Å². The van der Waals surface area contributed by atoms with Gasteiger partial charge in [0.2, 0.25) is 5.91 Å². The molecular formula is C17H21N3O3S. The van der Waals surface area contributed by atoms with Gasteiger partial charge in [0.25, 0.3) is 0 Å². The first kappa shape index (κ1) is 15.8. The standard InChI is InChI=1S/C17H21N3O3S/c21-16(7-12-11-24-17(19-12)15-4-2-6-22-15)18-8-14-9-20-5-1-3-13(20)10-23-14/h2,4,6,11,13-14H,1,3,5,7-10H2,(H,18,21)/t13-,14-/m0/s1. The molecule has 2 aromatic heterocycles. The quantitative estimate of drug-likeness (QED) is 0.895. The van der Waals surface area contributed by atoms with Crippen molar-refractivity contribution in [3.8, 4) is 10.8 Å². The van der Waals surface area contributed by atoms with E-state index < -0.39 is 0 Å². The van der Waals surface area contributed by atoms with Crippen molar-refractivity contribution in [3.05, 3.63) is 29.5 Å². The van der Waals surface area contributed by atoms with Crippen molar-refractivity contribution >= 4 is 17.2 Å². The van der Waals surface area contributed by atoms with Crippen molar-refractivity contribution in [2.24, 2.45) is 0 Å². The van der Waals surface area contributed by atoms with Gasteiger partial charge < -0.3 is 14.5 Å². The number of morpholine rings is 1. The van der Waals surface area contributed by atoms with Crippen LogP contribution in [0.4, 0.5) is 0 Å². The molecule has 4 heterocycles. The number of nitrogens with zero attached hydrogens (tertiary/aromatic N) is 2. The molecule has 128 valence electrons. The van der Waals surface area contributed by atoms with Gasteiger partial charge in [0.1, 0.15) is 0 Å². The second-order valence-electron chi connectivity index (χ2n) is 6.35. The predicted molar refractivity (Wildman–Crippen MR) is 90.9 cm³/mol. The highest BCUT2D eigenvalue weighted by atomic mass is 32.1. The van der Waals surface area contributed by atoms with Crippen LogP contribution in [0, 0.1) is 0 Å². The summed E-state index contributed by atoms with van der Waals surface area (Å²) in [6.07, 6.45) is 4.50. The topological polar surface area (TPSA) is 67.6 Å². The van der Waals surface area contributed by atoms with E-state index in [0.717, 1.165) is 36.2 Å². The molecule has 2 atom stereocenters. The molecule has 2 fully saturated rings. The van der Waals surface area contributed by atoms with E-state index in [4.69, 9.17) is 9.15 Å². The molecular weight excluding hydrogens is 326 g/mol. The molecule has 6 nitrogen and oxygen atoms in total. The van der Waals surface area contributed by atoms with Crippen LogP contribution in [-0.4, -0.2) is 54.2 Å². The Morgan fingerprint density at radius 1 is 1.50 bits per heavy atom. The minimum Gasteiger partial charge on any atom is -0.462 e. The Morgan fingerprint density at radius 2 is 2.46 bits per heavy atom. The minimum absolute atomic E-state index is 0.0153. The Hall–Kier alpha value is -1.70. The number of hydrogen-bond acceptors (Lipinski definition) is 6. The summed E-state index contributed by atoms with van der Waals surface area (Å²) in [7, 11) is 0. The first-order valence-corrected chi connectivity index (χ1v) is 9.26. The first-order chi connectivity index (χ1) is 11.8. The number of carbonyl (C=O) groups excluding carboxylic acids is 1. The molecule has 4 rings (SSSR count). The highest BCUT2D eigenvalue weighted by molar-refractivity contribution is 7.13. The van der Waals surface area contributed by atoms with Crippen LogP contribution < -0.4 is 5.32 Å². The molecule has 0 aliphatic carbocycles. The Kier molecular flexibility index (Phi) is 4.64. The molecule has 0 bridgehead atoms. The van der Waals surface area contributed by atoms with Crippen LogP contribution in [0.1, 0.15) is 18.5 Å². The second kappa shape index (κ2) is 7.04. The summed E-state index contributed by atoms with van der Waals surface area (Å²) in [5.41, 5.74) is 0.771. The number of furan rings is 1. The van der Waals surface area contributed by atoms with Gasteiger partial charge in [-0.1, -0.05) is 0 Å². The van der Waals surface area contributed by atoms with Gasteiger partial charge in [0, 0.05) is 24.5 Å². The fourth-order valence-corrected chi connectivity index (χ4v) is 4.15. The van der Waals surface area contributed by atoms with Gasteiger partial charge in [-0.15, -0.1) is 11.3 Å². The number of amides is 1. The summed E-state index contributed by atoms with van der Waals surface area (Å²) in [5.74, 6) is 0.723. The largest absolute Gasteiger partial charge is 0.462 e. The van der Waals surface area contributed by atoms with Gasteiger partial charge in [-0.2, -0.15) is 0 Å². The fourth-order valence-electron chi connectivity index (χ4n) is 3.37. The van der Waals surface area contributed by atoms with E-state index in [2.05, 4.69) is 15.2 Å². The molecule has 0 spiro atoms. The third kappa shape index (κ3) is 3.53. The van der Waals surface area contributed by atoms with Crippen molar-refractivity contribution in [2.45, 2.75) is 31.4 Å². The number of hydrogen-bond donors (Lipinski definition) is 1. The van der Waals surface area contributed by atoms with Crippen LogP contribution in [0.2, 0.25) is 0 Å². The average Bonchev–Trinajstić information content (AvgIpc) is 3.32. The number of fused-ring (bicyclic) bond motifs is 1. The molecule has 7 heteroatoms. The fraction of sp³-hybridized carbons (Fsp3) is 0.529. The van der Waals surface area contributed by atoms with Crippen molar-refractivity contribution < 1.29 is 13.9 Å². The normalized spacial score (nSPS) is 24.0. The van der Waals surface area contributed by atoms with E-state index in [1.54, 1.807) is 6.26 Å². The Morgan fingerprint density at radius 3 is 3.33 bits per heavy atom. The average molecular weight is 347 g/mol. The smallest absolute Gasteiger partial charge is 0.226 e. The maximum Gasteiger partial charge on any atom is 0.226 e. The molecule has 0 saturated carbocycles. The summed E-state index contributed by atoms with van der Waals surface area (Å²) in [4.78, 5) is 19.1. The summed E-state index contributed by atoms with van der Waals surface area (Å²) >= 11 is 1.49. The summed E-state index contributed by atoms with van der Waals surface area (Å²) < 4.78 is 11.2. The SMILES string of the molecule is O=C(Cc1csc(-c2ccco2)n1)NC[C@H]1CN2CCC[C@H]2CO1. The third-order valence-electron chi connectivity index (χ3n) is 4.61. The lowest BCUT2D eigenvalue weighted by Crippen LogP contribution is -2.50. The zero-order chi connectivity index (χ0) is 16.4. The lowest BCUT2D eigenvalue weighted by molar-refractivity contribution is -0.122. The number of thiazole rings is 1. The Labute approximate surface area is 144 Å². The maximum atomic E-state index is 12.1. The highest BCUT2D eigenvalue weighted by Crippen LogP contribution is 2.24. The van der Waals surface area contributed by atoms with Crippen LogP contribution in [0.15, 0.2) is 28.2 Å². The van der Waals surface area contributed by atoms with Crippen molar-refractivity contribution in [1.82, 2.24) is 15.2 Å². The van der Waals surface area contributed by atoms with Gasteiger partial charge in [-0.25, -0.2) is 4.98 Å². The van der Waals surface area contributed by atoms with Crippen LogP contribution in [0.3, 0.4) is 0 Å². The third-order valence-corrected chi connectivity index (χ3v) is 5.52. The highest BCUT2D eigenvalue weighted by Gasteiger charge is 2.32. The first-order valence-electron chi connectivity index (χ1n) is 8.38. The number of carbonyl (C=O) groups is 1. The molecule has 1 amide bonds. The van der Waals surface area contributed by atoms with E-state index in [-0.39, 0.29) is 18.4 Å². The van der Waals surface area contributed by atoms with Crippen LogP contribution in [0.25, 0.3) is 10.8 Å². The maximum absolute atomic E-state index is 12.1. The Balaban J connectivity index is 1.25. The van der Waals surface area contributed by atoms with Crippen molar-refractivity contribution in [1.29, 1.82) is 0 Å². The zero-order valence-electron chi connectivity index (χ0n) is 13.4. The van der Waals surface area contributed by atoms with E-state index in [9.17, 15) is 4.79 Å². The lowest BCUT2D eigenvalue weighted by Gasteiger charge is -2.35. The van der Waals surface area contributed by atoms with Crippen LogP contribution in [-0.2, 0) is 16.0 Å². The van der Waals surface area contributed by atoms with Crippen LogP contribution >= 0.6 is 11.3 Å². The lowest BCUT2D eigenvalue weighted by atomic mass is 10.2. The minimum atomic E-state index is -0.0153. The molecule has 0 unspecified atom stereocenters. The molecule has 1 N–H and O–H groups in total. The van der Waals surface area contributed by atoms with Crippen molar-refractivity contribution in [2.75, 3.05) is 26.2 Å². The number of rotatable bonds is 5. The van der Waals surface area contributed by atoms with Crippen molar-refractivity contribution in [3.63, 3.8) is 0 Å². The summed E-state index contributed by atoms with van der Waals surface area (Å²) in [6.45, 7) is 3.44. The number of nitrogens with one attached hydrogen (secondary N) is 1. The zero-order valence-corrected chi connectivity index (χ0v) is 14.3. The van der Waals surface area contributed by atoms with E-state index >= 15 is 0 Å². The molecule has 2 aliphatic heterocycles. The molecule has 0 aromatic carbocycles. The molecule has 2 aromatic rings. The van der Waals surface area contributed by atoms with E-state index in [1.807, 2.05) is 17.5 Å². The summed E-state index contributed by atoms with van der Waals surface area (Å²) in [6, 6.07) is 4.29. The van der Waals surface area contributed by atoms with Gasteiger partial charge >= 0.3 is 0 Å². The predicted octanol–water partition coefficient (Wildman–Crippen LogP) is 1.92. The van der Waals surface area contributed by atoms with Gasteiger partial charge in [0.15, 0.2) is 10.8 Å². The molecule has 2 aliphatic rings. The van der Waals surface area contributed by atoms with E-state index in [0.29, 0.717) is 12.6 Å². The molecule has 2 saturated heterocycles. The monoisotopic (exact) mass is 347 g/mol. The molecule has 0 radical (unpaired) electrons. The van der Waals surface area contributed by atoms with Gasteiger partial charge in [-0.3, -0.25) is 9.69 Å². The van der Waals surface area contributed by atoms with Gasteiger partial charge in [0.05, 0.1) is 31.1 Å². The summed E-state index contributed by atoms with van der Waals surface area (Å²) in [5, 5.41) is 5.69. The number of aromatic nitrogens is 1. The Bertz CT molecular complexity index is 685.